The molecule has 2 aliphatic heterocycles. The van der Waals surface area contributed by atoms with Crippen LogP contribution in [-0.4, -0.2) is 33.9 Å². The highest BCUT2D eigenvalue weighted by Crippen LogP contribution is 2.33. The van der Waals surface area contributed by atoms with E-state index in [0.717, 1.165) is 17.7 Å². The monoisotopic (exact) mass is 296 g/mol. The molecule has 1 spiro atoms. The van der Waals surface area contributed by atoms with Crippen LogP contribution in [0.5, 0.6) is 0 Å². The quantitative estimate of drug-likeness (QED) is 0.852. The number of amides is 3. The van der Waals surface area contributed by atoms with Crippen molar-refractivity contribution >= 4 is 35.3 Å². The number of imide groups is 1. The van der Waals surface area contributed by atoms with E-state index in [0.29, 0.717) is 17.3 Å². The Hall–Kier alpha value is -1.20. The second-order valence-electron chi connectivity index (χ2n) is 4.83. The number of benzene rings is 1. The van der Waals surface area contributed by atoms with Gasteiger partial charge in [-0.1, -0.05) is 23.7 Å². The molecule has 0 saturated carbocycles. The summed E-state index contributed by atoms with van der Waals surface area (Å²) >= 11 is 7.53. The molecule has 0 aliphatic carbocycles. The highest BCUT2D eigenvalue weighted by molar-refractivity contribution is 7.99. The van der Waals surface area contributed by atoms with E-state index in [1.165, 1.54) is 4.90 Å². The molecule has 2 aliphatic rings. The van der Waals surface area contributed by atoms with Gasteiger partial charge in [-0.15, -0.1) is 0 Å². The third-order valence-corrected chi connectivity index (χ3v) is 4.96. The Morgan fingerprint density at radius 2 is 2.05 bits per heavy atom. The van der Waals surface area contributed by atoms with Crippen LogP contribution >= 0.6 is 23.4 Å². The first-order valence-corrected chi connectivity index (χ1v) is 7.60. The predicted octanol–water partition coefficient (Wildman–Crippen LogP) is 2.27. The van der Waals surface area contributed by atoms with E-state index < -0.39 is 5.54 Å². The number of thioether (sulfide) groups is 1. The molecule has 0 aromatic heterocycles. The minimum Gasteiger partial charge on any atom is -0.322 e. The van der Waals surface area contributed by atoms with E-state index in [-0.39, 0.29) is 11.9 Å². The van der Waals surface area contributed by atoms with Crippen molar-refractivity contribution < 1.29 is 9.59 Å². The molecule has 0 unspecified atom stereocenters. The van der Waals surface area contributed by atoms with Gasteiger partial charge in [0.2, 0.25) is 0 Å². The first-order chi connectivity index (χ1) is 9.11. The normalized spacial score (nSPS) is 26.3. The van der Waals surface area contributed by atoms with Crippen LogP contribution in [-0.2, 0) is 11.3 Å². The lowest BCUT2D eigenvalue weighted by Crippen LogP contribution is -2.46. The van der Waals surface area contributed by atoms with Crippen LogP contribution in [0.15, 0.2) is 24.3 Å². The van der Waals surface area contributed by atoms with E-state index in [4.69, 9.17) is 11.6 Å². The fourth-order valence-electron chi connectivity index (χ4n) is 2.42. The Labute approximate surface area is 120 Å². The van der Waals surface area contributed by atoms with Crippen LogP contribution in [0.1, 0.15) is 12.0 Å². The number of nitrogens with one attached hydrogen (secondary N) is 1. The van der Waals surface area contributed by atoms with Crippen molar-refractivity contribution in [1.29, 1.82) is 0 Å². The molecule has 6 heteroatoms. The molecule has 3 amide bonds. The number of urea groups is 1. The molecule has 2 heterocycles. The molecule has 1 aromatic rings. The van der Waals surface area contributed by atoms with Gasteiger partial charge in [0.15, 0.2) is 0 Å². The number of rotatable bonds is 2. The minimum atomic E-state index is -0.659. The SMILES string of the molecule is O=C1N[C@@]2(CCSC2)C(=O)N1Cc1ccc(Cl)cc1. The molecule has 1 aromatic carbocycles. The Morgan fingerprint density at radius 3 is 2.68 bits per heavy atom. The average molecular weight is 297 g/mol. The standard InChI is InChI=1S/C13H13ClN2O2S/c14-10-3-1-9(2-4-10)7-16-11(17)13(15-12(16)18)5-6-19-8-13/h1-4H,5-8H2,(H,15,18)/t13-/m1/s1. The molecule has 0 bridgehead atoms. The summed E-state index contributed by atoms with van der Waals surface area (Å²) in [6.07, 6.45) is 0.722. The molecular weight excluding hydrogens is 284 g/mol. The van der Waals surface area contributed by atoms with Gasteiger partial charge >= 0.3 is 6.03 Å². The van der Waals surface area contributed by atoms with Gasteiger partial charge in [-0.05, 0) is 29.9 Å². The van der Waals surface area contributed by atoms with E-state index in [1.807, 2.05) is 12.1 Å². The van der Waals surface area contributed by atoms with Gasteiger partial charge in [-0.3, -0.25) is 9.69 Å². The van der Waals surface area contributed by atoms with Crippen molar-refractivity contribution in [3.05, 3.63) is 34.9 Å². The second-order valence-corrected chi connectivity index (χ2v) is 6.37. The molecule has 100 valence electrons. The number of carbonyl (C=O) groups is 2. The van der Waals surface area contributed by atoms with Gasteiger partial charge in [-0.25, -0.2) is 4.79 Å². The zero-order chi connectivity index (χ0) is 13.5. The number of halogens is 1. The first-order valence-electron chi connectivity index (χ1n) is 6.07. The third-order valence-electron chi connectivity index (χ3n) is 3.52. The van der Waals surface area contributed by atoms with Crippen molar-refractivity contribution in [1.82, 2.24) is 10.2 Å². The molecule has 4 nitrogen and oxygen atoms in total. The van der Waals surface area contributed by atoms with E-state index in [9.17, 15) is 9.59 Å². The van der Waals surface area contributed by atoms with E-state index in [2.05, 4.69) is 5.32 Å². The van der Waals surface area contributed by atoms with Crippen LogP contribution in [0, 0.1) is 0 Å². The molecule has 3 rings (SSSR count). The van der Waals surface area contributed by atoms with Crippen molar-refractivity contribution in [2.24, 2.45) is 0 Å². The summed E-state index contributed by atoms with van der Waals surface area (Å²) in [4.78, 5) is 25.7. The second kappa shape index (κ2) is 4.72. The summed E-state index contributed by atoms with van der Waals surface area (Å²) in [6.45, 7) is 0.300. The lowest BCUT2D eigenvalue weighted by molar-refractivity contribution is -0.130. The lowest BCUT2D eigenvalue weighted by Gasteiger charge is -2.19. The maximum Gasteiger partial charge on any atom is 0.325 e. The summed E-state index contributed by atoms with van der Waals surface area (Å²) in [7, 11) is 0. The number of nitrogens with zero attached hydrogens (tertiary/aromatic N) is 1. The molecular formula is C13H13ClN2O2S. The van der Waals surface area contributed by atoms with Crippen molar-refractivity contribution in [2.75, 3.05) is 11.5 Å². The Morgan fingerprint density at radius 1 is 1.32 bits per heavy atom. The van der Waals surface area contributed by atoms with Gasteiger partial charge in [-0.2, -0.15) is 11.8 Å². The van der Waals surface area contributed by atoms with Crippen LogP contribution in [0.4, 0.5) is 4.79 Å². The summed E-state index contributed by atoms with van der Waals surface area (Å²) in [6, 6.07) is 6.89. The molecule has 1 atom stereocenters. The van der Waals surface area contributed by atoms with Gasteiger partial charge in [0, 0.05) is 10.8 Å². The van der Waals surface area contributed by atoms with Crippen LogP contribution in [0.2, 0.25) is 5.02 Å². The molecule has 1 N–H and O–H groups in total. The fraction of sp³-hybridized carbons (Fsp3) is 0.385. The summed E-state index contributed by atoms with van der Waals surface area (Å²) < 4.78 is 0. The molecule has 2 saturated heterocycles. The Kier molecular flexibility index (Phi) is 3.19. The lowest BCUT2D eigenvalue weighted by atomic mass is 9.99. The molecule has 2 fully saturated rings. The van der Waals surface area contributed by atoms with E-state index >= 15 is 0 Å². The smallest absolute Gasteiger partial charge is 0.322 e. The van der Waals surface area contributed by atoms with Crippen molar-refractivity contribution in [3.8, 4) is 0 Å². The largest absolute Gasteiger partial charge is 0.325 e. The van der Waals surface area contributed by atoms with Gasteiger partial charge in [0.25, 0.3) is 5.91 Å². The molecule has 0 radical (unpaired) electrons. The summed E-state index contributed by atoms with van der Waals surface area (Å²) in [5.74, 6) is 1.49. The van der Waals surface area contributed by atoms with Crippen LogP contribution in [0.3, 0.4) is 0 Å². The highest BCUT2D eigenvalue weighted by atomic mass is 35.5. The fourth-order valence-corrected chi connectivity index (χ4v) is 3.88. The number of hydrogen-bond acceptors (Lipinski definition) is 3. The Bertz CT molecular complexity index is 526. The first kappa shape index (κ1) is 12.8. The van der Waals surface area contributed by atoms with Gasteiger partial charge < -0.3 is 5.32 Å². The highest BCUT2D eigenvalue weighted by Gasteiger charge is 2.52. The van der Waals surface area contributed by atoms with Crippen molar-refractivity contribution in [3.63, 3.8) is 0 Å². The maximum atomic E-state index is 12.4. The summed E-state index contributed by atoms with van der Waals surface area (Å²) in [5, 5.41) is 3.49. The minimum absolute atomic E-state index is 0.0996. The number of carbonyl (C=O) groups excluding carboxylic acids is 2. The van der Waals surface area contributed by atoms with Crippen LogP contribution < -0.4 is 5.32 Å². The third kappa shape index (κ3) is 2.21. The summed E-state index contributed by atoms with van der Waals surface area (Å²) in [5.41, 5.74) is 0.240. The number of hydrogen-bond donors (Lipinski definition) is 1. The Balaban J connectivity index is 1.79. The predicted molar refractivity (Wildman–Crippen MR) is 75.2 cm³/mol. The maximum absolute atomic E-state index is 12.4. The zero-order valence-electron chi connectivity index (χ0n) is 10.2. The van der Waals surface area contributed by atoms with Gasteiger partial charge in [0.1, 0.15) is 5.54 Å². The zero-order valence-corrected chi connectivity index (χ0v) is 11.8. The average Bonchev–Trinajstić information content (AvgIpc) is 2.94. The van der Waals surface area contributed by atoms with Crippen LogP contribution in [0.25, 0.3) is 0 Å². The topological polar surface area (TPSA) is 49.4 Å². The van der Waals surface area contributed by atoms with E-state index in [1.54, 1.807) is 23.9 Å². The van der Waals surface area contributed by atoms with Gasteiger partial charge in [0.05, 0.1) is 6.54 Å². The molecule has 19 heavy (non-hydrogen) atoms. The van der Waals surface area contributed by atoms with Crippen molar-refractivity contribution in [2.45, 2.75) is 18.5 Å².